The smallest absolute Gasteiger partial charge is 0.338 e. The zero-order valence-electron chi connectivity index (χ0n) is 26.8. The van der Waals surface area contributed by atoms with Crippen LogP contribution < -0.4 is 9.47 Å². The van der Waals surface area contributed by atoms with E-state index in [0.29, 0.717) is 16.3 Å². The topological polar surface area (TPSA) is 61.8 Å². The highest BCUT2D eigenvalue weighted by atomic mass is 35.5. The van der Waals surface area contributed by atoms with Gasteiger partial charge in [-0.2, -0.15) is 0 Å². The number of carbonyl (C=O) groups is 2. The van der Waals surface area contributed by atoms with Crippen molar-refractivity contribution in [2.75, 3.05) is 6.61 Å². The Morgan fingerprint density at radius 3 is 1.76 bits per heavy atom. The first-order valence-corrected chi connectivity index (χ1v) is 17.1. The van der Waals surface area contributed by atoms with Crippen LogP contribution in [0.1, 0.15) is 118 Å². The van der Waals surface area contributed by atoms with Crippen LogP contribution in [0.25, 0.3) is 6.08 Å². The third-order valence-electron chi connectivity index (χ3n) is 7.65. The lowest BCUT2D eigenvalue weighted by Gasteiger charge is -2.07. The molecule has 0 heterocycles. The molecule has 5 nitrogen and oxygen atoms in total. The van der Waals surface area contributed by atoms with Gasteiger partial charge in [-0.25, -0.2) is 9.59 Å². The molecule has 0 radical (unpaired) electrons. The molecule has 0 aliphatic rings. The van der Waals surface area contributed by atoms with Gasteiger partial charge in [-0.3, -0.25) is 0 Å². The average molecular weight is 633 g/mol. The van der Waals surface area contributed by atoms with Crippen molar-refractivity contribution < 1.29 is 23.8 Å². The van der Waals surface area contributed by atoms with Crippen molar-refractivity contribution in [3.05, 3.63) is 101 Å². The van der Waals surface area contributed by atoms with E-state index < -0.39 is 11.9 Å². The number of halogens is 1. The molecule has 3 rings (SSSR count). The van der Waals surface area contributed by atoms with E-state index >= 15 is 0 Å². The van der Waals surface area contributed by atoms with E-state index in [1.807, 2.05) is 24.3 Å². The van der Waals surface area contributed by atoms with Crippen molar-refractivity contribution in [1.29, 1.82) is 0 Å². The molecule has 0 saturated carbocycles. The molecule has 0 saturated heterocycles. The predicted octanol–water partition coefficient (Wildman–Crippen LogP) is 11.2. The van der Waals surface area contributed by atoms with E-state index in [2.05, 4.69) is 6.92 Å². The molecule has 0 amide bonds. The third kappa shape index (κ3) is 15.8. The van der Waals surface area contributed by atoms with Gasteiger partial charge in [0.15, 0.2) is 0 Å². The van der Waals surface area contributed by atoms with E-state index in [0.717, 1.165) is 29.9 Å². The Kier molecular flexibility index (Phi) is 17.6. The maximum atomic E-state index is 12.3. The third-order valence-corrected chi connectivity index (χ3v) is 7.90. The minimum atomic E-state index is -0.508. The van der Waals surface area contributed by atoms with Gasteiger partial charge in [0.1, 0.15) is 18.1 Å². The summed E-state index contributed by atoms with van der Waals surface area (Å²) in [6.45, 7) is 3.14. The number of hydrogen-bond acceptors (Lipinski definition) is 5. The van der Waals surface area contributed by atoms with Crippen LogP contribution in [0.15, 0.2) is 78.9 Å². The normalized spacial score (nSPS) is 11.1. The van der Waals surface area contributed by atoms with Gasteiger partial charge >= 0.3 is 11.9 Å². The Balaban J connectivity index is 1.23. The van der Waals surface area contributed by atoms with Crippen LogP contribution in [0.3, 0.4) is 0 Å². The molecule has 0 spiro atoms. The lowest BCUT2D eigenvalue weighted by molar-refractivity contribution is -0.128. The molecule has 3 aromatic rings. The quantitative estimate of drug-likeness (QED) is 0.0477. The Morgan fingerprint density at radius 2 is 1.18 bits per heavy atom. The second kappa shape index (κ2) is 22.0. The number of ether oxygens (including phenoxy) is 3. The maximum absolute atomic E-state index is 12.3. The number of rotatable bonds is 22. The molecule has 45 heavy (non-hydrogen) atoms. The van der Waals surface area contributed by atoms with E-state index in [9.17, 15) is 9.59 Å². The highest BCUT2D eigenvalue weighted by Gasteiger charge is 2.09. The number of esters is 2. The van der Waals surface area contributed by atoms with Crippen LogP contribution in [-0.2, 0) is 16.1 Å². The van der Waals surface area contributed by atoms with Crippen molar-refractivity contribution in [1.82, 2.24) is 0 Å². The molecule has 0 atom stereocenters. The van der Waals surface area contributed by atoms with Gasteiger partial charge in [0.2, 0.25) is 0 Å². The lowest BCUT2D eigenvalue weighted by Crippen LogP contribution is -2.06. The van der Waals surface area contributed by atoms with Crippen LogP contribution in [0.4, 0.5) is 0 Å². The van der Waals surface area contributed by atoms with Crippen molar-refractivity contribution in [3.8, 4) is 11.5 Å². The van der Waals surface area contributed by atoms with Crippen LogP contribution in [-0.4, -0.2) is 18.5 Å². The van der Waals surface area contributed by atoms with Crippen LogP contribution >= 0.6 is 11.6 Å². The van der Waals surface area contributed by atoms with Crippen LogP contribution in [0.5, 0.6) is 11.5 Å². The molecular weight excluding hydrogens is 584 g/mol. The van der Waals surface area contributed by atoms with Crippen molar-refractivity contribution >= 4 is 29.6 Å². The Bertz CT molecular complexity index is 1270. The second-order valence-electron chi connectivity index (χ2n) is 11.5. The summed E-state index contributed by atoms with van der Waals surface area (Å²) >= 11 is 5.88. The van der Waals surface area contributed by atoms with Gasteiger partial charge < -0.3 is 14.2 Å². The fourth-order valence-corrected chi connectivity index (χ4v) is 5.07. The first-order valence-electron chi connectivity index (χ1n) is 16.7. The Hall–Kier alpha value is -3.57. The standard InChI is InChI=1S/C39H49ClO5/c1-2-3-4-5-6-7-8-9-10-11-12-13-14-15-30-43-36-25-18-32(19-26-36)20-29-38(41)45-37-27-21-34(22-28-37)39(42)44-31-33-16-23-35(40)24-17-33/h16-29H,2-15,30-31H2,1H3/b29-20+. The summed E-state index contributed by atoms with van der Waals surface area (Å²) in [5.74, 6) is 0.197. The molecule has 0 aliphatic heterocycles. The van der Waals surface area contributed by atoms with Gasteiger partial charge in [0.05, 0.1) is 12.2 Å². The number of benzene rings is 3. The van der Waals surface area contributed by atoms with Gasteiger partial charge in [-0.15, -0.1) is 0 Å². The minimum absolute atomic E-state index is 0.143. The van der Waals surface area contributed by atoms with Crippen LogP contribution in [0.2, 0.25) is 5.02 Å². The van der Waals surface area contributed by atoms with Crippen molar-refractivity contribution in [2.45, 2.75) is 103 Å². The maximum Gasteiger partial charge on any atom is 0.338 e. The van der Waals surface area contributed by atoms with E-state index in [1.54, 1.807) is 54.6 Å². The molecule has 242 valence electrons. The fourth-order valence-electron chi connectivity index (χ4n) is 4.95. The minimum Gasteiger partial charge on any atom is -0.494 e. The number of hydrogen-bond donors (Lipinski definition) is 0. The van der Waals surface area contributed by atoms with Gasteiger partial charge in [-0.05, 0) is 72.2 Å². The monoisotopic (exact) mass is 632 g/mol. The summed E-state index contributed by atoms with van der Waals surface area (Å²) < 4.78 is 16.6. The molecular formula is C39H49ClO5. The summed E-state index contributed by atoms with van der Waals surface area (Å²) in [6, 6.07) is 21.0. The van der Waals surface area contributed by atoms with Gasteiger partial charge in [-0.1, -0.05) is 126 Å². The molecule has 0 aliphatic carbocycles. The molecule has 0 aromatic heterocycles. The Morgan fingerprint density at radius 1 is 0.644 bits per heavy atom. The summed E-state index contributed by atoms with van der Waals surface area (Å²) in [5.41, 5.74) is 2.08. The fraction of sp³-hybridized carbons (Fsp3) is 0.436. The molecule has 0 fully saturated rings. The summed E-state index contributed by atoms with van der Waals surface area (Å²) in [5, 5.41) is 0.623. The molecule has 3 aromatic carbocycles. The van der Waals surface area contributed by atoms with E-state index in [1.165, 1.54) is 89.5 Å². The number of unbranched alkanes of at least 4 members (excludes halogenated alkanes) is 13. The molecule has 6 heteroatoms. The summed E-state index contributed by atoms with van der Waals surface area (Å²) in [7, 11) is 0. The molecule has 0 N–H and O–H groups in total. The highest BCUT2D eigenvalue weighted by Crippen LogP contribution is 2.18. The second-order valence-corrected chi connectivity index (χ2v) is 11.9. The molecule has 0 unspecified atom stereocenters. The first-order chi connectivity index (χ1) is 22.0. The summed E-state index contributed by atoms with van der Waals surface area (Å²) in [6.07, 6.45) is 21.9. The van der Waals surface area contributed by atoms with Crippen molar-refractivity contribution in [3.63, 3.8) is 0 Å². The SMILES string of the molecule is CCCCCCCCCCCCCCCCOc1ccc(/C=C/C(=O)Oc2ccc(C(=O)OCc3ccc(Cl)cc3)cc2)cc1. The Labute approximate surface area is 274 Å². The number of carbonyl (C=O) groups excluding carboxylic acids is 2. The zero-order chi connectivity index (χ0) is 32.0. The van der Waals surface area contributed by atoms with E-state index in [-0.39, 0.29) is 6.61 Å². The molecule has 0 bridgehead atoms. The summed E-state index contributed by atoms with van der Waals surface area (Å²) in [4.78, 5) is 24.6. The van der Waals surface area contributed by atoms with Gasteiger partial charge in [0, 0.05) is 11.1 Å². The largest absolute Gasteiger partial charge is 0.494 e. The highest BCUT2D eigenvalue weighted by molar-refractivity contribution is 6.30. The predicted molar refractivity (Wildman–Crippen MR) is 184 cm³/mol. The van der Waals surface area contributed by atoms with E-state index in [4.69, 9.17) is 25.8 Å². The zero-order valence-corrected chi connectivity index (χ0v) is 27.6. The first kappa shape index (κ1) is 35.9. The van der Waals surface area contributed by atoms with Crippen molar-refractivity contribution in [2.24, 2.45) is 0 Å². The van der Waals surface area contributed by atoms with Crippen LogP contribution in [0, 0.1) is 0 Å². The van der Waals surface area contributed by atoms with Gasteiger partial charge in [0.25, 0.3) is 0 Å². The lowest BCUT2D eigenvalue weighted by atomic mass is 10.0. The average Bonchev–Trinajstić information content (AvgIpc) is 3.06.